The predicted octanol–water partition coefficient (Wildman–Crippen LogP) is 3.77. The summed E-state index contributed by atoms with van der Waals surface area (Å²) in [6.07, 6.45) is 1.37. The third-order valence-corrected chi connectivity index (χ3v) is 4.28. The molecule has 3 aromatic rings. The van der Waals surface area contributed by atoms with Gasteiger partial charge in [-0.2, -0.15) is 8.78 Å². The second-order valence-corrected chi connectivity index (χ2v) is 6.22. The zero-order chi connectivity index (χ0) is 19.4. The minimum Gasteiger partial charge on any atom is -0.472 e. The number of nitrogens with zero attached hydrogens (tertiary/aromatic N) is 3. The second-order valence-electron chi connectivity index (χ2n) is 5.28. The Balaban J connectivity index is 2.00. The summed E-state index contributed by atoms with van der Waals surface area (Å²) in [7, 11) is 1.44. The number of hydrogen-bond donors (Lipinski definition) is 1. The predicted molar refractivity (Wildman–Crippen MR) is 95.5 cm³/mol. The van der Waals surface area contributed by atoms with Crippen LogP contribution in [0.15, 0.2) is 36.5 Å². The van der Waals surface area contributed by atoms with E-state index in [1.54, 1.807) is 31.2 Å². The molecule has 2 heterocycles. The maximum Gasteiger partial charge on any atom is 0.387 e. The van der Waals surface area contributed by atoms with Crippen molar-refractivity contribution in [2.75, 3.05) is 12.4 Å². The Morgan fingerprint density at radius 1 is 1.22 bits per heavy atom. The molecule has 0 radical (unpaired) electrons. The standard InChI is InChI=1S/C17H14F2N4O3S/c1-9-7-11(10-5-3-4-6-13(10)26-15(18)19)12(8-20-9)14(24)21-16-22-23-17(25-2)27-16/h3-8,15H,1-2H3,(H,21,22,24). The Morgan fingerprint density at radius 2 is 2.00 bits per heavy atom. The van der Waals surface area contributed by atoms with E-state index in [9.17, 15) is 13.6 Å². The van der Waals surface area contributed by atoms with Crippen LogP contribution in [0.4, 0.5) is 13.9 Å². The summed E-state index contributed by atoms with van der Waals surface area (Å²) in [5.74, 6) is -0.548. The number of benzene rings is 1. The van der Waals surface area contributed by atoms with Gasteiger partial charge in [-0.25, -0.2) is 0 Å². The number of amides is 1. The first-order valence-electron chi connectivity index (χ1n) is 7.67. The molecule has 140 valence electrons. The van der Waals surface area contributed by atoms with E-state index in [2.05, 4.69) is 25.2 Å². The molecule has 0 fully saturated rings. The van der Waals surface area contributed by atoms with Gasteiger partial charge in [0.2, 0.25) is 5.13 Å². The molecule has 1 amide bonds. The van der Waals surface area contributed by atoms with E-state index >= 15 is 0 Å². The van der Waals surface area contributed by atoms with Crippen LogP contribution >= 0.6 is 11.3 Å². The fourth-order valence-corrected chi connectivity index (χ4v) is 2.91. The van der Waals surface area contributed by atoms with Gasteiger partial charge in [0.05, 0.1) is 12.7 Å². The van der Waals surface area contributed by atoms with Crippen LogP contribution in [-0.4, -0.2) is 34.8 Å². The van der Waals surface area contributed by atoms with E-state index in [0.29, 0.717) is 22.0 Å². The number of rotatable bonds is 6. The fourth-order valence-electron chi connectivity index (χ4n) is 2.36. The lowest BCUT2D eigenvalue weighted by molar-refractivity contribution is -0.0494. The maximum absolute atomic E-state index is 12.7. The number of alkyl halides is 2. The minimum atomic E-state index is -2.99. The molecule has 0 unspecified atom stereocenters. The van der Waals surface area contributed by atoms with Gasteiger partial charge < -0.3 is 9.47 Å². The third kappa shape index (κ3) is 4.34. The van der Waals surface area contributed by atoms with E-state index < -0.39 is 12.5 Å². The number of aromatic nitrogens is 3. The summed E-state index contributed by atoms with van der Waals surface area (Å²) in [6, 6.07) is 7.87. The summed E-state index contributed by atoms with van der Waals surface area (Å²) < 4.78 is 35.0. The zero-order valence-electron chi connectivity index (χ0n) is 14.3. The molecule has 0 spiro atoms. The summed E-state index contributed by atoms with van der Waals surface area (Å²) >= 11 is 1.05. The Morgan fingerprint density at radius 3 is 2.70 bits per heavy atom. The maximum atomic E-state index is 12.7. The molecular formula is C17H14F2N4O3S. The van der Waals surface area contributed by atoms with Crippen molar-refractivity contribution in [1.82, 2.24) is 15.2 Å². The molecule has 0 atom stereocenters. The zero-order valence-corrected chi connectivity index (χ0v) is 15.1. The van der Waals surface area contributed by atoms with Crippen LogP contribution in [0.25, 0.3) is 11.1 Å². The minimum absolute atomic E-state index is 0.0373. The molecule has 10 heteroatoms. The highest BCUT2D eigenvalue weighted by atomic mass is 32.1. The smallest absolute Gasteiger partial charge is 0.387 e. The van der Waals surface area contributed by atoms with Crippen molar-refractivity contribution in [2.45, 2.75) is 13.5 Å². The van der Waals surface area contributed by atoms with Crippen molar-refractivity contribution in [3.63, 3.8) is 0 Å². The van der Waals surface area contributed by atoms with Crippen molar-refractivity contribution >= 4 is 22.4 Å². The van der Waals surface area contributed by atoms with E-state index in [0.717, 1.165) is 11.3 Å². The molecule has 27 heavy (non-hydrogen) atoms. The summed E-state index contributed by atoms with van der Waals surface area (Å²) in [6.45, 7) is -1.25. The van der Waals surface area contributed by atoms with Crippen molar-refractivity contribution < 1.29 is 23.0 Å². The highest BCUT2D eigenvalue weighted by molar-refractivity contribution is 7.17. The highest BCUT2D eigenvalue weighted by Crippen LogP contribution is 2.34. The number of anilines is 1. The number of ether oxygens (including phenoxy) is 2. The lowest BCUT2D eigenvalue weighted by Crippen LogP contribution is -2.14. The number of methoxy groups -OCH3 is 1. The SMILES string of the molecule is COc1nnc(NC(=O)c2cnc(C)cc2-c2ccccc2OC(F)F)s1. The van der Waals surface area contributed by atoms with Gasteiger partial charge in [-0.1, -0.05) is 23.3 Å². The van der Waals surface area contributed by atoms with Gasteiger partial charge in [0.15, 0.2) is 0 Å². The topological polar surface area (TPSA) is 86.2 Å². The molecular weight excluding hydrogens is 378 g/mol. The lowest BCUT2D eigenvalue weighted by Gasteiger charge is -2.14. The molecule has 0 saturated carbocycles. The number of aryl methyl sites for hydroxylation is 1. The molecule has 1 N–H and O–H groups in total. The quantitative estimate of drug-likeness (QED) is 0.687. The van der Waals surface area contributed by atoms with Crippen molar-refractivity contribution in [3.8, 4) is 22.1 Å². The first-order chi connectivity index (χ1) is 13.0. The van der Waals surface area contributed by atoms with Gasteiger partial charge >= 0.3 is 6.61 Å². The first kappa shape index (κ1) is 18.6. The number of carbonyl (C=O) groups excluding carboxylic acids is 1. The van der Waals surface area contributed by atoms with Crippen molar-refractivity contribution in [1.29, 1.82) is 0 Å². The molecule has 0 aliphatic rings. The lowest BCUT2D eigenvalue weighted by atomic mass is 9.99. The molecule has 0 bridgehead atoms. The van der Waals surface area contributed by atoms with Gasteiger partial charge in [0.1, 0.15) is 5.75 Å². The first-order valence-corrected chi connectivity index (χ1v) is 8.49. The molecule has 7 nitrogen and oxygen atoms in total. The number of carbonyl (C=O) groups is 1. The Labute approximate surface area is 157 Å². The van der Waals surface area contributed by atoms with Crippen LogP contribution in [0.1, 0.15) is 16.1 Å². The second kappa shape index (κ2) is 8.04. The van der Waals surface area contributed by atoms with Gasteiger partial charge in [0.25, 0.3) is 11.1 Å². The van der Waals surface area contributed by atoms with Crippen molar-refractivity contribution in [2.24, 2.45) is 0 Å². The number of hydrogen-bond acceptors (Lipinski definition) is 7. The summed E-state index contributed by atoms with van der Waals surface area (Å²) in [5, 5.41) is 10.7. The van der Waals surface area contributed by atoms with Gasteiger partial charge in [-0.05, 0) is 30.4 Å². The average Bonchev–Trinajstić information content (AvgIpc) is 3.09. The summed E-state index contributed by atoms with van der Waals surface area (Å²) in [4.78, 5) is 16.8. The Bertz CT molecular complexity index is 965. The van der Waals surface area contributed by atoms with Crippen molar-refractivity contribution in [3.05, 3.63) is 47.8 Å². The normalized spacial score (nSPS) is 10.7. The molecule has 0 saturated heterocycles. The van der Waals surface area contributed by atoms with Gasteiger partial charge in [-0.3, -0.25) is 15.1 Å². The van der Waals surface area contributed by atoms with Gasteiger partial charge in [-0.15, -0.1) is 5.10 Å². The monoisotopic (exact) mass is 392 g/mol. The highest BCUT2D eigenvalue weighted by Gasteiger charge is 2.19. The van der Waals surface area contributed by atoms with Gasteiger partial charge in [0, 0.05) is 23.0 Å². The Kier molecular flexibility index (Phi) is 5.55. The van der Waals surface area contributed by atoms with E-state index in [4.69, 9.17) is 4.74 Å². The fraction of sp³-hybridized carbons (Fsp3) is 0.176. The number of halogens is 2. The molecule has 0 aliphatic heterocycles. The van der Waals surface area contributed by atoms with Crippen LogP contribution in [0.3, 0.4) is 0 Å². The van der Waals surface area contributed by atoms with Crippen LogP contribution < -0.4 is 14.8 Å². The van der Waals surface area contributed by atoms with E-state index in [-0.39, 0.29) is 16.4 Å². The molecule has 0 aliphatic carbocycles. The number of pyridine rings is 1. The Hall–Kier alpha value is -3.14. The van der Waals surface area contributed by atoms with Crippen LogP contribution in [0.2, 0.25) is 0 Å². The van der Waals surface area contributed by atoms with Crippen LogP contribution in [0, 0.1) is 6.92 Å². The van der Waals surface area contributed by atoms with Crippen LogP contribution in [0.5, 0.6) is 10.9 Å². The molecule has 2 aromatic heterocycles. The molecule has 3 rings (SSSR count). The van der Waals surface area contributed by atoms with Crippen LogP contribution in [-0.2, 0) is 0 Å². The summed E-state index contributed by atoms with van der Waals surface area (Å²) in [5.41, 5.74) is 1.56. The van der Waals surface area contributed by atoms with E-state index in [1.165, 1.54) is 19.4 Å². The molecule has 1 aromatic carbocycles. The van der Waals surface area contributed by atoms with E-state index in [1.807, 2.05) is 0 Å². The number of nitrogens with one attached hydrogen (secondary N) is 1. The third-order valence-electron chi connectivity index (χ3n) is 3.48. The largest absolute Gasteiger partial charge is 0.472 e. The number of para-hydroxylation sites is 1. The average molecular weight is 392 g/mol.